The van der Waals surface area contributed by atoms with Crippen LogP contribution >= 0.6 is 0 Å². The van der Waals surface area contributed by atoms with Gasteiger partial charge in [0.25, 0.3) is 0 Å². The third kappa shape index (κ3) is 4.95. The van der Waals surface area contributed by atoms with Crippen LogP contribution in [0.25, 0.3) is 11.0 Å². The Hall–Kier alpha value is -2.86. The first-order valence-electron chi connectivity index (χ1n) is 10.4. The zero-order valence-electron chi connectivity index (χ0n) is 17.0. The summed E-state index contributed by atoms with van der Waals surface area (Å²) in [5, 5.41) is 3.13. The molecule has 1 aliphatic heterocycles. The van der Waals surface area contributed by atoms with Gasteiger partial charge in [-0.05, 0) is 37.6 Å². The van der Waals surface area contributed by atoms with Crippen LogP contribution in [0.15, 0.2) is 54.6 Å². The van der Waals surface area contributed by atoms with Crippen molar-refractivity contribution in [3.63, 3.8) is 0 Å². The van der Waals surface area contributed by atoms with Gasteiger partial charge in [-0.3, -0.25) is 4.79 Å². The molecule has 0 aliphatic carbocycles. The second kappa shape index (κ2) is 9.09. The molecule has 1 saturated heterocycles. The van der Waals surface area contributed by atoms with Crippen molar-refractivity contribution >= 4 is 22.9 Å². The number of aromatic amines is 1. The average Bonchev–Trinajstić information content (AvgIpc) is 3.19. The third-order valence-corrected chi connectivity index (χ3v) is 5.56. The van der Waals surface area contributed by atoms with Crippen LogP contribution in [-0.2, 0) is 11.3 Å². The van der Waals surface area contributed by atoms with Gasteiger partial charge in [0.15, 0.2) is 0 Å². The number of likely N-dealkylation sites (N-methyl/N-ethyl adjacent to an activating group) is 1. The number of fused-ring (bicyclic) bond motifs is 1. The van der Waals surface area contributed by atoms with E-state index in [4.69, 9.17) is 0 Å². The van der Waals surface area contributed by atoms with E-state index >= 15 is 0 Å². The van der Waals surface area contributed by atoms with Gasteiger partial charge in [0, 0.05) is 32.7 Å². The lowest BCUT2D eigenvalue weighted by molar-refractivity contribution is -0.125. The van der Waals surface area contributed by atoms with Crippen LogP contribution in [0.1, 0.15) is 18.4 Å². The monoisotopic (exact) mass is 391 g/mol. The highest BCUT2D eigenvalue weighted by Gasteiger charge is 2.27. The molecule has 4 rings (SSSR count). The highest BCUT2D eigenvalue weighted by atomic mass is 16.1. The van der Waals surface area contributed by atoms with Crippen LogP contribution in [0.5, 0.6) is 0 Å². The number of H-pyrrole nitrogens is 1. The number of nitrogens with one attached hydrogen (secondary N) is 2. The lowest BCUT2D eigenvalue weighted by Crippen LogP contribution is -2.44. The fourth-order valence-electron chi connectivity index (χ4n) is 3.96. The van der Waals surface area contributed by atoms with Crippen molar-refractivity contribution in [1.29, 1.82) is 0 Å². The summed E-state index contributed by atoms with van der Waals surface area (Å²) < 4.78 is 0. The second-order valence-corrected chi connectivity index (χ2v) is 7.88. The van der Waals surface area contributed by atoms with E-state index < -0.39 is 0 Å². The molecule has 6 heteroatoms. The van der Waals surface area contributed by atoms with Gasteiger partial charge in [0.05, 0.1) is 17.0 Å². The van der Waals surface area contributed by atoms with Gasteiger partial charge in [-0.2, -0.15) is 0 Å². The van der Waals surface area contributed by atoms with Crippen LogP contribution in [0.2, 0.25) is 0 Å². The molecule has 0 bridgehead atoms. The molecule has 29 heavy (non-hydrogen) atoms. The Morgan fingerprint density at radius 2 is 2.00 bits per heavy atom. The highest BCUT2D eigenvalue weighted by molar-refractivity contribution is 5.80. The molecule has 152 valence electrons. The van der Waals surface area contributed by atoms with Gasteiger partial charge in [-0.1, -0.05) is 42.5 Å². The number of benzene rings is 2. The summed E-state index contributed by atoms with van der Waals surface area (Å²) in [6, 6.07) is 18.4. The maximum atomic E-state index is 12.7. The molecule has 2 N–H and O–H groups in total. The first-order valence-corrected chi connectivity index (χ1v) is 10.4. The molecule has 2 aromatic carbocycles. The molecule has 0 unspecified atom stereocenters. The second-order valence-electron chi connectivity index (χ2n) is 7.88. The summed E-state index contributed by atoms with van der Waals surface area (Å²) >= 11 is 0. The van der Waals surface area contributed by atoms with Gasteiger partial charge >= 0.3 is 0 Å². The molecule has 6 nitrogen and oxygen atoms in total. The Morgan fingerprint density at radius 3 is 2.83 bits per heavy atom. The predicted octanol–water partition coefficient (Wildman–Crippen LogP) is 3.03. The van der Waals surface area contributed by atoms with Crippen LogP contribution in [0.3, 0.4) is 0 Å². The van der Waals surface area contributed by atoms with Crippen LogP contribution < -0.4 is 10.2 Å². The van der Waals surface area contributed by atoms with Gasteiger partial charge in [0.2, 0.25) is 11.9 Å². The van der Waals surface area contributed by atoms with Crippen molar-refractivity contribution in [3.8, 4) is 0 Å². The summed E-state index contributed by atoms with van der Waals surface area (Å²) in [5.41, 5.74) is 3.29. The molecular formula is C23H29N5O. The average molecular weight is 392 g/mol. The van der Waals surface area contributed by atoms with Crippen LogP contribution in [0, 0.1) is 5.92 Å². The summed E-state index contributed by atoms with van der Waals surface area (Å²) in [4.78, 5) is 25.2. The van der Waals surface area contributed by atoms with Crippen molar-refractivity contribution in [2.75, 3.05) is 38.1 Å². The first-order chi connectivity index (χ1) is 14.2. The van der Waals surface area contributed by atoms with Crippen molar-refractivity contribution in [1.82, 2.24) is 20.2 Å². The van der Waals surface area contributed by atoms with Gasteiger partial charge in [-0.25, -0.2) is 4.98 Å². The number of imidazole rings is 1. The maximum Gasteiger partial charge on any atom is 0.224 e. The number of anilines is 1. The first kappa shape index (κ1) is 19.5. The lowest BCUT2D eigenvalue weighted by atomic mass is 9.97. The number of para-hydroxylation sites is 2. The quantitative estimate of drug-likeness (QED) is 0.650. The van der Waals surface area contributed by atoms with Gasteiger partial charge < -0.3 is 20.1 Å². The molecule has 0 radical (unpaired) electrons. The number of carbonyl (C=O) groups excluding carboxylic acids is 1. The summed E-state index contributed by atoms with van der Waals surface area (Å²) in [7, 11) is 2.09. The Bertz CT molecular complexity index is 906. The Kier molecular flexibility index (Phi) is 6.10. The van der Waals surface area contributed by atoms with E-state index in [2.05, 4.69) is 56.4 Å². The predicted molar refractivity (Wildman–Crippen MR) is 117 cm³/mol. The third-order valence-electron chi connectivity index (χ3n) is 5.56. The molecule has 1 amide bonds. The Morgan fingerprint density at radius 1 is 1.21 bits per heavy atom. The van der Waals surface area contributed by atoms with Gasteiger partial charge in [-0.15, -0.1) is 0 Å². The number of piperidine rings is 1. The smallest absolute Gasteiger partial charge is 0.224 e. The Labute approximate surface area is 171 Å². The van der Waals surface area contributed by atoms with E-state index in [0.717, 1.165) is 49.5 Å². The molecule has 0 saturated carbocycles. The molecule has 2 heterocycles. The topological polar surface area (TPSA) is 64.3 Å². The fraction of sp³-hybridized carbons (Fsp3) is 0.391. The summed E-state index contributed by atoms with van der Waals surface area (Å²) in [5.74, 6) is 1.03. The minimum Gasteiger partial charge on any atom is -0.355 e. The van der Waals surface area contributed by atoms with Crippen molar-refractivity contribution in [3.05, 3.63) is 60.2 Å². The van der Waals surface area contributed by atoms with E-state index in [1.54, 1.807) is 0 Å². The van der Waals surface area contributed by atoms with Crippen molar-refractivity contribution < 1.29 is 4.79 Å². The van der Waals surface area contributed by atoms with Crippen LogP contribution in [-0.4, -0.2) is 54.0 Å². The van der Waals surface area contributed by atoms with E-state index in [9.17, 15) is 4.79 Å². The summed E-state index contributed by atoms with van der Waals surface area (Å²) in [6.07, 6.45) is 1.94. The number of aromatic nitrogens is 2. The standard InChI is InChI=1S/C23H29N5O/c1-27(16-18-8-3-2-4-9-18)15-13-24-22(29)19-10-7-14-28(17-19)23-25-20-11-5-6-12-21(20)26-23/h2-6,8-9,11-12,19H,7,10,13-17H2,1H3,(H,24,29)(H,25,26)/t19-/m0/s1. The maximum absolute atomic E-state index is 12.7. The molecule has 0 spiro atoms. The molecule has 1 atom stereocenters. The Balaban J connectivity index is 1.26. The fourth-order valence-corrected chi connectivity index (χ4v) is 3.96. The molecular weight excluding hydrogens is 362 g/mol. The summed E-state index contributed by atoms with van der Waals surface area (Å²) in [6.45, 7) is 4.04. The minimum absolute atomic E-state index is 0.0105. The minimum atomic E-state index is 0.0105. The zero-order valence-corrected chi connectivity index (χ0v) is 17.0. The SMILES string of the molecule is CN(CCNC(=O)[C@H]1CCCN(c2nc3ccccc3[nH]2)C1)Cc1ccccc1. The molecule has 3 aromatic rings. The largest absolute Gasteiger partial charge is 0.355 e. The number of nitrogens with zero attached hydrogens (tertiary/aromatic N) is 3. The zero-order chi connectivity index (χ0) is 20.1. The van der Waals surface area contributed by atoms with E-state index in [1.807, 2.05) is 30.3 Å². The van der Waals surface area contributed by atoms with Crippen LogP contribution in [0.4, 0.5) is 5.95 Å². The number of amides is 1. The van der Waals surface area contributed by atoms with E-state index in [-0.39, 0.29) is 11.8 Å². The molecule has 1 fully saturated rings. The lowest BCUT2D eigenvalue weighted by Gasteiger charge is -2.31. The van der Waals surface area contributed by atoms with E-state index in [1.165, 1.54) is 5.56 Å². The van der Waals surface area contributed by atoms with Gasteiger partial charge in [0.1, 0.15) is 0 Å². The number of rotatable bonds is 7. The normalized spacial score (nSPS) is 17.0. The highest BCUT2D eigenvalue weighted by Crippen LogP contribution is 2.23. The molecule has 1 aromatic heterocycles. The number of hydrogen-bond acceptors (Lipinski definition) is 4. The number of hydrogen-bond donors (Lipinski definition) is 2. The van der Waals surface area contributed by atoms with E-state index in [0.29, 0.717) is 13.1 Å². The van der Waals surface area contributed by atoms with Crippen molar-refractivity contribution in [2.45, 2.75) is 19.4 Å². The molecule has 1 aliphatic rings. The van der Waals surface area contributed by atoms with Crippen molar-refractivity contribution in [2.24, 2.45) is 5.92 Å². The number of carbonyl (C=O) groups is 1.